The van der Waals surface area contributed by atoms with Crippen molar-refractivity contribution in [2.45, 2.75) is 131 Å². The van der Waals surface area contributed by atoms with Crippen LogP contribution in [-0.2, 0) is 17.9 Å². The third-order valence-corrected chi connectivity index (χ3v) is 6.02. The van der Waals surface area contributed by atoms with E-state index in [0.29, 0.717) is 6.73 Å². The number of hydrogen-bond acceptors (Lipinski definition) is 1. The number of rotatable bonds is 18. The van der Waals surface area contributed by atoms with Crippen LogP contribution in [0, 0.1) is 13.8 Å². The second kappa shape index (κ2) is 17.0. The van der Waals surface area contributed by atoms with Crippen molar-refractivity contribution < 1.29 is 9.30 Å². The van der Waals surface area contributed by atoms with E-state index >= 15 is 0 Å². The zero-order chi connectivity index (χ0) is 20.5. The maximum Gasteiger partial charge on any atom is 0.252 e. The van der Waals surface area contributed by atoms with E-state index in [0.717, 1.165) is 13.0 Å². The largest absolute Gasteiger partial charge is 0.323 e. The van der Waals surface area contributed by atoms with E-state index in [1.165, 1.54) is 107 Å². The van der Waals surface area contributed by atoms with Crippen molar-refractivity contribution in [2.24, 2.45) is 0 Å². The Hall–Kier alpha value is -0.890. The lowest BCUT2D eigenvalue weighted by Gasteiger charge is -2.07. The molecule has 0 aromatic carbocycles. The van der Waals surface area contributed by atoms with Crippen molar-refractivity contribution in [2.75, 3.05) is 6.61 Å². The Morgan fingerprint density at radius 2 is 1.18 bits per heavy atom. The van der Waals surface area contributed by atoms with E-state index in [9.17, 15) is 0 Å². The van der Waals surface area contributed by atoms with Gasteiger partial charge in [-0.3, -0.25) is 0 Å². The molecule has 1 heterocycles. The number of hydrogen-bond donors (Lipinski definition) is 0. The van der Waals surface area contributed by atoms with Crippen molar-refractivity contribution in [3.8, 4) is 0 Å². The zero-order valence-electron chi connectivity index (χ0n) is 19.5. The van der Waals surface area contributed by atoms with Crippen LogP contribution in [0.3, 0.4) is 0 Å². The Kier molecular flexibility index (Phi) is 15.3. The Morgan fingerprint density at radius 3 is 1.68 bits per heavy atom. The van der Waals surface area contributed by atoms with Crippen LogP contribution in [0.1, 0.15) is 120 Å². The molecule has 1 aromatic rings. The summed E-state index contributed by atoms with van der Waals surface area (Å²) in [5.41, 5.74) is 4.21. The van der Waals surface area contributed by atoms with Gasteiger partial charge < -0.3 is 4.74 Å². The van der Waals surface area contributed by atoms with E-state index < -0.39 is 0 Å². The minimum absolute atomic E-state index is 0.687. The highest BCUT2D eigenvalue weighted by atomic mass is 16.5. The normalized spacial score (nSPS) is 11.3. The maximum absolute atomic E-state index is 5.88. The van der Waals surface area contributed by atoms with Crippen LogP contribution in [-0.4, -0.2) is 6.61 Å². The van der Waals surface area contributed by atoms with Gasteiger partial charge in [0.25, 0.3) is 6.73 Å². The molecule has 2 nitrogen and oxygen atoms in total. The Morgan fingerprint density at radius 1 is 0.679 bits per heavy atom. The molecule has 1 aromatic heterocycles. The summed E-state index contributed by atoms with van der Waals surface area (Å²) in [6.45, 7) is 10.5. The fraction of sp³-hybridized carbons (Fsp3) is 0.808. The van der Waals surface area contributed by atoms with Gasteiger partial charge in [-0.25, -0.2) is 0 Å². The fourth-order valence-corrected chi connectivity index (χ4v) is 3.93. The predicted molar refractivity (Wildman–Crippen MR) is 122 cm³/mol. The molecule has 0 radical (unpaired) electrons. The van der Waals surface area contributed by atoms with Gasteiger partial charge in [0.1, 0.15) is 0 Å². The van der Waals surface area contributed by atoms with Gasteiger partial charge in [0.05, 0.1) is 6.61 Å². The highest BCUT2D eigenvalue weighted by molar-refractivity contribution is 5.26. The first-order valence-electron chi connectivity index (χ1n) is 12.3. The van der Waals surface area contributed by atoms with E-state index in [4.69, 9.17) is 4.74 Å². The third kappa shape index (κ3) is 11.8. The summed E-state index contributed by atoms with van der Waals surface area (Å²) >= 11 is 0. The molecule has 0 aliphatic rings. The van der Waals surface area contributed by atoms with E-state index in [-0.39, 0.29) is 0 Å². The topological polar surface area (TPSA) is 13.1 Å². The lowest BCUT2D eigenvalue weighted by Crippen LogP contribution is -2.36. The number of ether oxygens (including phenoxy) is 1. The van der Waals surface area contributed by atoms with Crippen LogP contribution < -0.4 is 4.57 Å². The van der Waals surface area contributed by atoms with E-state index in [1.54, 1.807) is 0 Å². The van der Waals surface area contributed by atoms with Gasteiger partial charge in [-0.15, -0.1) is 0 Å². The first-order valence-corrected chi connectivity index (χ1v) is 12.3. The smallest absolute Gasteiger partial charge is 0.252 e. The Balaban J connectivity index is 1.89. The van der Waals surface area contributed by atoms with Gasteiger partial charge in [-0.05, 0) is 32.3 Å². The van der Waals surface area contributed by atoms with Crippen LogP contribution in [0.25, 0.3) is 0 Å². The molecule has 0 atom stereocenters. The molecule has 0 saturated heterocycles. The molecule has 0 unspecified atom stereocenters. The number of pyridine rings is 1. The molecule has 0 fully saturated rings. The highest BCUT2D eigenvalue weighted by Crippen LogP contribution is 2.13. The Labute approximate surface area is 176 Å². The van der Waals surface area contributed by atoms with Gasteiger partial charge in [-0.2, -0.15) is 4.57 Å². The first-order chi connectivity index (χ1) is 13.7. The van der Waals surface area contributed by atoms with Crippen molar-refractivity contribution >= 4 is 0 Å². The summed E-state index contributed by atoms with van der Waals surface area (Å²) < 4.78 is 8.08. The second-order valence-electron chi connectivity index (χ2n) is 8.59. The fourth-order valence-electron chi connectivity index (χ4n) is 3.93. The summed E-state index contributed by atoms with van der Waals surface area (Å²) in [4.78, 5) is 0. The lowest BCUT2D eigenvalue weighted by molar-refractivity contribution is -0.733. The van der Waals surface area contributed by atoms with E-state index in [1.807, 2.05) is 0 Å². The molecule has 0 saturated carbocycles. The van der Waals surface area contributed by atoms with Crippen molar-refractivity contribution in [3.63, 3.8) is 0 Å². The zero-order valence-corrected chi connectivity index (χ0v) is 19.5. The summed E-state index contributed by atoms with van der Waals surface area (Å²) in [6.07, 6.45) is 25.2. The molecule has 2 heteroatoms. The molecule has 162 valence electrons. The monoisotopic (exact) mass is 390 g/mol. The standard InChI is InChI=1S/C26H48NO/c1-5-7-8-9-10-11-12-13-14-15-16-17-18-19-20-28-23-27-21-24(3)25(4)26(6-2)22-27/h21-22H,5-20,23H2,1-4H3/q+1. The summed E-state index contributed by atoms with van der Waals surface area (Å²) in [5, 5.41) is 0. The second-order valence-corrected chi connectivity index (χ2v) is 8.59. The van der Waals surface area contributed by atoms with Gasteiger partial charge in [-0.1, -0.05) is 97.3 Å². The molecule has 0 amide bonds. The van der Waals surface area contributed by atoms with Gasteiger partial charge >= 0.3 is 0 Å². The number of nitrogens with zero attached hydrogens (tertiary/aromatic N) is 1. The number of aryl methyl sites for hydroxylation is 2. The summed E-state index contributed by atoms with van der Waals surface area (Å²) in [7, 11) is 0. The predicted octanol–water partition coefficient (Wildman–Crippen LogP) is 7.61. The maximum atomic E-state index is 5.88. The molecule has 0 aliphatic heterocycles. The van der Waals surface area contributed by atoms with Crippen molar-refractivity contribution in [1.29, 1.82) is 0 Å². The van der Waals surface area contributed by atoms with Crippen molar-refractivity contribution in [3.05, 3.63) is 29.1 Å². The third-order valence-electron chi connectivity index (χ3n) is 6.02. The van der Waals surface area contributed by atoms with Crippen LogP contribution in [0.4, 0.5) is 0 Å². The minimum atomic E-state index is 0.687. The molecule has 28 heavy (non-hydrogen) atoms. The summed E-state index contributed by atoms with van der Waals surface area (Å²) in [5.74, 6) is 0. The molecule has 0 spiro atoms. The summed E-state index contributed by atoms with van der Waals surface area (Å²) in [6, 6.07) is 0. The molecule has 0 bridgehead atoms. The van der Waals surface area contributed by atoms with Crippen LogP contribution in [0.5, 0.6) is 0 Å². The molecule has 0 N–H and O–H groups in total. The average Bonchev–Trinajstić information content (AvgIpc) is 2.70. The van der Waals surface area contributed by atoms with Crippen LogP contribution in [0.2, 0.25) is 0 Å². The first kappa shape index (κ1) is 25.1. The molecule has 0 aliphatic carbocycles. The molecular formula is C26H48NO+. The number of aromatic nitrogens is 1. The quantitative estimate of drug-likeness (QED) is 0.186. The van der Waals surface area contributed by atoms with Gasteiger partial charge in [0.15, 0.2) is 12.4 Å². The van der Waals surface area contributed by atoms with Crippen LogP contribution >= 0.6 is 0 Å². The van der Waals surface area contributed by atoms with Crippen LogP contribution in [0.15, 0.2) is 12.4 Å². The van der Waals surface area contributed by atoms with Crippen molar-refractivity contribution in [1.82, 2.24) is 0 Å². The van der Waals surface area contributed by atoms with Gasteiger partial charge in [0, 0.05) is 11.1 Å². The SMILES string of the molecule is CCCCCCCCCCCCCCCCOC[n+]1cc(C)c(C)c(CC)c1. The minimum Gasteiger partial charge on any atom is -0.323 e. The lowest BCUT2D eigenvalue weighted by atomic mass is 10.0. The van der Waals surface area contributed by atoms with E-state index in [2.05, 4.69) is 44.7 Å². The van der Waals surface area contributed by atoms with Gasteiger partial charge in [0.2, 0.25) is 0 Å². The highest BCUT2D eigenvalue weighted by Gasteiger charge is 2.09. The average molecular weight is 391 g/mol. The molecule has 1 rings (SSSR count). The number of unbranched alkanes of at least 4 members (excludes halogenated alkanes) is 13. The molecular weight excluding hydrogens is 342 g/mol. The Bertz CT molecular complexity index is 497.